The lowest BCUT2D eigenvalue weighted by molar-refractivity contribution is 0.326. The number of benzene rings is 2. The molecule has 0 aliphatic carbocycles. The topological polar surface area (TPSA) is 43.4 Å². The van der Waals surface area contributed by atoms with Crippen molar-refractivity contribution >= 4 is 20.9 Å². The molecule has 0 amide bonds. The van der Waals surface area contributed by atoms with Gasteiger partial charge in [-0.2, -0.15) is 8.42 Å². The van der Waals surface area contributed by atoms with Gasteiger partial charge in [0.15, 0.2) is 0 Å². The van der Waals surface area contributed by atoms with Crippen LogP contribution in [0.5, 0.6) is 0 Å². The van der Waals surface area contributed by atoms with Crippen LogP contribution in [0.25, 0.3) is 10.8 Å². The molecule has 0 heterocycles. The molecule has 0 aliphatic rings. The third kappa shape index (κ3) is 3.54. The van der Waals surface area contributed by atoms with E-state index < -0.39 is 10.1 Å². The second-order valence-corrected chi connectivity index (χ2v) is 5.60. The summed E-state index contributed by atoms with van der Waals surface area (Å²) in [7, 11) is -3.34. The SMILES string of the molecule is CS(=O)(=O)OCCc1ccc2ccccc2c1. The van der Waals surface area contributed by atoms with Crippen LogP contribution < -0.4 is 0 Å². The Hall–Kier alpha value is -1.39. The Morgan fingerprint density at radius 1 is 1.06 bits per heavy atom. The van der Waals surface area contributed by atoms with Gasteiger partial charge in [-0.15, -0.1) is 0 Å². The Kier molecular flexibility index (Phi) is 3.45. The maximum Gasteiger partial charge on any atom is 0.264 e. The van der Waals surface area contributed by atoms with Gasteiger partial charge in [-0.05, 0) is 22.8 Å². The Morgan fingerprint density at radius 2 is 1.76 bits per heavy atom. The van der Waals surface area contributed by atoms with Crippen molar-refractivity contribution in [3.8, 4) is 0 Å². The molecule has 0 N–H and O–H groups in total. The smallest absolute Gasteiger partial charge is 0.264 e. The second-order valence-electron chi connectivity index (χ2n) is 3.96. The van der Waals surface area contributed by atoms with Crippen molar-refractivity contribution in [1.82, 2.24) is 0 Å². The molecule has 90 valence electrons. The quantitative estimate of drug-likeness (QED) is 0.782. The first-order valence-corrected chi connectivity index (χ1v) is 7.18. The van der Waals surface area contributed by atoms with Gasteiger partial charge < -0.3 is 0 Å². The van der Waals surface area contributed by atoms with Gasteiger partial charge >= 0.3 is 0 Å². The fourth-order valence-corrected chi connectivity index (χ4v) is 2.09. The fraction of sp³-hybridized carbons (Fsp3) is 0.231. The van der Waals surface area contributed by atoms with Crippen LogP contribution in [0.1, 0.15) is 5.56 Å². The van der Waals surface area contributed by atoms with Crippen LogP contribution in [0, 0.1) is 0 Å². The first-order valence-electron chi connectivity index (χ1n) is 5.37. The highest BCUT2D eigenvalue weighted by Crippen LogP contribution is 2.16. The van der Waals surface area contributed by atoms with Gasteiger partial charge in [0.1, 0.15) is 0 Å². The summed E-state index contributed by atoms with van der Waals surface area (Å²) >= 11 is 0. The molecule has 0 aromatic heterocycles. The normalized spacial score (nSPS) is 11.8. The Labute approximate surface area is 101 Å². The molecule has 0 saturated heterocycles. The lowest BCUT2D eigenvalue weighted by atomic mass is 10.1. The average molecular weight is 250 g/mol. The third-order valence-corrected chi connectivity index (χ3v) is 3.10. The highest BCUT2D eigenvalue weighted by Gasteiger charge is 2.02. The molecule has 2 aromatic rings. The summed E-state index contributed by atoms with van der Waals surface area (Å²) < 4.78 is 26.3. The summed E-state index contributed by atoms with van der Waals surface area (Å²) in [4.78, 5) is 0. The van der Waals surface area contributed by atoms with E-state index in [2.05, 4.69) is 6.07 Å². The highest BCUT2D eigenvalue weighted by atomic mass is 32.2. The van der Waals surface area contributed by atoms with Crippen LogP contribution in [0.2, 0.25) is 0 Å². The zero-order valence-corrected chi connectivity index (χ0v) is 10.4. The standard InChI is InChI=1S/C13H14O3S/c1-17(14,15)16-9-8-11-6-7-12-4-2-3-5-13(12)10-11/h2-7,10H,8-9H2,1H3. The zero-order chi connectivity index (χ0) is 12.3. The van der Waals surface area contributed by atoms with E-state index in [9.17, 15) is 8.42 Å². The molecule has 0 aliphatic heterocycles. The van der Waals surface area contributed by atoms with Crippen molar-refractivity contribution < 1.29 is 12.6 Å². The molecule has 0 fully saturated rings. The maximum atomic E-state index is 10.8. The van der Waals surface area contributed by atoms with Crippen LogP contribution >= 0.6 is 0 Å². The van der Waals surface area contributed by atoms with E-state index in [1.807, 2.05) is 36.4 Å². The molecule has 0 atom stereocenters. The van der Waals surface area contributed by atoms with Crippen molar-refractivity contribution in [3.05, 3.63) is 48.0 Å². The predicted molar refractivity (Wildman–Crippen MR) is 68.4 cm³/mol. The van der Waals surface area contributed by atoms with E-state index in [-0.39, 0.29) is 6.61 Å². The largest absolute Gasteiger partial charge is 0.270 e. The van der Waals surface area contributed by atoms with E-state index in [4.69, 9.17) is 4.18 Å². The van der Waals surface area contributed by atoms with E-state index in [1.54, 1.807) is 0 Å². The molecule has 0 spiro atoms. The van der Waals surface area contributed by atoms with Gasteiger partial charge in [0, 0.05) is 0 Å². The molecule has 0 saturated carbocycles. The number of hydrogen-bond donors (Lipinski definition) is 0. The van der Waals surface area contributed by atoms with Crippen LogP contribution in [0.4, 0.5) is 0 Å². The monoisotopic (exact) mass is 250 g/mol. The molecule has 2 aromatic carbocycles. The van der Waals surface area contributed by atoms with E-state index in [0.717, 1.165) is 17.2 Å². The van der Waals surface area contributed by atoms with Crippen molar-refractivity contribution in [2.75, 3.05) is 12.9 Å². The number of fused-ring (bicyclic) bond motifs is 1. The highest BCUT2D eigenvalue weighted by molar-refractivity contribution is 7.85. The fourth-order valence-electron chi connectivity index (χ4n) is 1.71. The Balaban J connectivity index is 2.09. The molecule has 4 heteroatoms. The molecule has 17 heavy (non-hydrogen) atoms. The van der Waals surface area contributed by atoms with Crippen LogP contribution in [0.15, 0.2) is 42.5 Å². The molecule has 3 nitrogen and oxygen atoms in total. The summed E-state index contributed by atoms with van der Waals surface area (Å²) in [6.45, 7) is 0.192. The van der Waals surface area contributed by atoms with E-state index >= 15 is 0 Å². The Morgan fingerprint density at radius 3 is 2.47 bits per heavy atom. The van der Waals surface area contributed by atoms with Crippen LogP contribution in [0.3, 0.4) is 0 Å². The Bertz CT molecular complexity index is 617. The number of rotatable bonds is 4. The summed E-state index contributed by atoms with van der Waals surface area (Å²) in [6, 6.07) is 14.1. The van der Waals surface area contributed by atoms with Gasteiger partial charge in [-0.3, -0.25) is 4.18 Å². The minimum Gasteiger partial charge on any atom is -0.270 e. The molecular weight excluding hydrogens is 236 g/mol. The maximum absolute atomic E-state index is 10.8. The van der Waals surface area contributed by atoms with Crippen LogP contribution in [-0.2, 0) is 20.7 Å². The third-order valence-electron chi connectivity index (χ3n) is 2.50. The van der Waals surface area contributed by atoms with Gasteiger partial charge in [0.2, 0.25) is 0 Å². The summed E-state index contributed by atoms with van der Waals surface area (Å²) in [5, 5.41) is 2.34. The molecule has 2 rings (SSSR count). The first-order chi connectivity index (χ1) is 8.04. The molecular formula is C13H14O3S. The van der Waals surface area contributed by atoms with Gasteiger partial charge in [0.25, 0.3) is 10.1 Å². The van der Waals surface area contributed by atoms with Gasteiger partial charge in [-0.1, -0.05) is 42.5 Å². The molecule has 0 unspecified atom stereocenters. The predicted octanol–water partition coefficient (Wildman–Crippen LogP) is 2.36. The second kappa shape index (κ2) is 4.85. The molecule has 0 radical (unpaired) electrons. The lowest BCUT2D eigenvalue weighted by Crippen LogP contribution is -2.06. The van der Waals surface area contributed by atoms with Crippen molar-refractivity contribution in [2.24, 2.45) is 0 Å². The lowest BCUT2D eigenvalue weighted by Gasteiger charge is -2.04. The van der Waals surface area contributed by atoms with Crippen LogP contribution in [-0.4, -0.2) is 21.3 Å². The summed E-state index contributed by atoms with van der Waals surface area (Å²) in [5.41, 5.74) is 1.08. The number of hydrogen-bond acceptors (Lipinski definition) is 3. The summed E-state index contributed by atoms with van der Waals surface area (Å²) in [6.07, 6.45) is 1.66. The van der Waals surface area contributed by atoms with Gasteiger partial charge in [0.05, 0.1) is 12.9 Å². The van der Waals surface area contributed by atoms with Crippen molar-refractivity contribution in [2.45, 2.75) is 6.42 Å². The minimum atomic E-state index is -3.34. The minimum absolute atomic E-state index is 0.192. The van der Waals surface area contributed by atoms with Crippen molar-refractivity contribution in [1.29, 1.82) is 0 Å². The molecule has 0 bridgehead atoms. The summed E-state index contributed by atoms with van der Waals surface area (Å²) in [5.74, 6) is 0. The zero-order valence-electron chi connectivity index (χ0n) is 9.59. The first kappa shape index (κ1) is 12.1. The average Bonchev–Trinajstić information content (AvgIpc) is 2.27. The van der Waals surface area contributed by atoms with Crippen molar-refractivity contribution in [3.63, 3.8) is 0 Å². The van der Waals surface area contributed by atoms with E-state index in [1.165, 1.54) is 5.39 Å². The van der Waals surface area contributed by atoms with Gasteiger partial charge in [-0.25, -0.2) is 0 Å². The van der Waals surface area contributed by atoms with E-state index in [0.29, 0.717) is 6.42 Å².